The van der Waals surface area contributed by atoms with Gasteiger partial charge in [0.2, 0.25) is 0 Å². The van der Waals surface area contributed by atoms with Gasteiger partial charge in [-0.3, -0.25) is 0 Å². The van der Waals surface area contributed by atoms with E-state index in [1.54, 1.807) is 0 Å². The predicted octanol–water partition coefficient (Wildman–Crippen LogP) is 1.66. The molecule has 0 unspecified atom stereocenters. The minimum Gasteiger partial charge on any atom is -0.411 e. The summed E-state index contributed by atoms with van der Waals surface area (Å²) in [6, 6.07) is 6.26. The third-order valence-electron chi connectivity index (χ3n) is 1.53. The number of carbonyl (C=O) groups excluding carboxylic acids is 1. The van der Waals surface area contributed by atoms with Crippen molar-refractivity contribution in [2.45, 2.75) is 6.92 Å². The Balaban J connectivity index is 0.00000169. The zero-order chi connectivity index (χ0) is 9.84. The first-order valence-corrected chi connectivity index (χ1v) is 3.55. The summed E-state index contributed by atoms with van der Waals surface area (Å²) in [7, 11) is 0. The fourth-order valence-electron chi connectivity index (χ4n) is 0.826. The van der Waals surface area contributed by atoms with Crippen molar-refractivity contribution >= 4 is 11.5 Å². The minimum absolute atomic E-state index is 0. The smallest absolute Gasteiger partial charge is 0.158 e. The van der Waals surface area contributed by atoms with Crippen molar-refractivity contribution in [3.8, 4) is 0 Å². The Hall–Kier alpha value is -0.606. The number of hydrogen-bond donors (Lipinski definition) is 1. The van der Waals surface area contributed by atoms with E-state index in [0.717, 1.165) is 6.07 Å². The van der Waals surface area contributed by atoms with Gasteiger partial charge in [0.25, 0.3) is 0 Å². The molecule has 0 fully saturated rings. The molecule has 14 heavy (non-hydrogen) atoms. The van der Waals surface area contributed by atoms with Crippen LogP contribution >= 0.6 is 0 Å². The van der Waals surface area contributed by atoms with Crippen molar-refractivity contribution in [1.29, 1.82) is 0 Å². The largest absolute Gasteiger partial charge is 0.411 e. The fourth-order valence-corrected chi connectivity index (χ4v) is 0.826. The van der Waals surface area contributed by atoms with E-state index in [0.29, 0.717) is 0 Å². The summed E-state index contributed by atoms with van der Waals surface area (Å²) >= 11 is 0. The van der Waals surface area contributed by atoms with Crippen molar-refractivity contribution in [3.63, 3.8) is 0 Å². The summed E-state index contributed by atoms with van der Waals surface area (Å²) < 4.78 is 13.0. The Bertz CT molecular complexity index is 366. The molecule has 0 aliphatic rings. The summed E-state index contributed by atoms with van der Waals surface area (Å²) in [5, 5.41) is 11.0. The Morgan fingerprint density at radius 3 is 2.79 bits per heavy atom. The van der Waals surface area contributed by atoms with Crippen LogP contribution in [0.3, 0.4) is 0 Å². The molecule has 1 N–H and O–H groups in total. The second-order valence-electron chi connectivity index (χ2n) is 2.42. The molecule has 0 amide bonds. The summed E-state index contributed by atoms with van der Waals surface area (Å²) in [5.41, 5.74) is -0.295. The molecule has 1 aromatic carbocycles. The number of hydrogen-bond acceptors (Lipinski definition) is 3. The van der Waals surface area contributed by atoms with Gasteiger partial charge in [0.15, 0.2) is 5.78 Å². The molecular formula is C9H7FNO2Y-. The first kappa shape index (κ1) is 13.4. The Morgan fingerprint density at radius 1 is 1.64 bits per heavy atom. The van der Waals surface area contributed by atoms with Gasteiger partial charge in [0, 0.05) is 38.5 Å². The van der Waals surface area contributed by atoms with E-state index in [1.807, 2.05) is 0 Å². The molecule has 0 saturated carbocycles. The topological polar surface area (TPSA) is 49.7 Å². The first-order chi connectivity index (χ1) is 6.16. The number of oxime groups is 1. The van der Waals surface area contributed by atoms with Gasteiger partial charge in [-0.1, -0.05) is 10.7 Å². The van der Waals surface area contributed by atoms with E-state index in [-0.39, 0.29) is 44.0 Å². The minimum atomic E-state index is -0.647. The summed E-state index contributed by atoms with van der Waals surface area (Å²) in [4.78, 5) is 11.2. The molecule has 71 valence electrons. The maximum Gasteiger partial charge on any atom is 0.158 e. The molecule has 1 radical (unpaired) electrons. The van der Waals surface area contributed by atoms with Gasteiger partial charge in [0.05, 0.1) is 0 Å². The zero-order valence-electron chi connectivity index (χ0n) is 7.49. The first-order valence-electron chi connectivity index (χ1n) is 3.55. The summed E-state index contributed by atoms with van der Waals surface area (Å²) in [6.45, 7) is 1.30. The van der Waals surface area contributed by atoms with Gasteiger partial charge in [-0.15, -0.1) is 6.07 Å². The second kappa shape index (κ2) is 5.99. The molecule has 0 aliphatic heterocycles. The van der Waals surface area contributed by atoms with Gasteiger partial charge >= 0.3 is 0 Å². The molecule has 5 heteroatoms. The molecule has 1 aromatic rings. The van der Waals surface area contributed by atoms with Crippen LogP contribution in [0, 0.1) is 11.9 Å². The van der Waals surface area contributed by atoms with E-state index in [9.17, 15) is 9.18 Å². The number of Topliss-reactive ketones (excluding diaryl/α,β-unsaturated/α-hetero) is 1. The fraction of sp³-hybridized carbons (Fsp3) is 0.111. The predicted molar refractivity (Wildman–Crippen MR) is 44.5 cm³/mol. The van der Waals surface area contributed by atoms with E-state index in [1.165, 1.54) is 19.1 Å². The van der Waals surface area contributed by atoms with E-state index in [4.69, 9.17) is 5.21 Å². The zero-order valence-corrected chi connectivity index (χ0v) is 10.3. The van der Waals surface area contributed by atoms with Gasteiger partial charge in [-0.25, -0.2) is 4.39 Å². The van der Waals surface area contributed by atoms with Crippen molar-refractivity contribution in [2.75, 3.05) is 0 Å². The van der Waals surface area contributed by atoms with Crippen LogP contribution in [0.1, 0.15) is 17.3 Å². The van der Waals surface area contributed by atoms with E-state index in [2.05, 4.69) is 11.2 Å². The molecule has 0 saturated heterocycles. The maximum atomic E-state index is 13.0. The van der Waals surface area contributed by atoms with Crippen LogP contribution in [0.15, 0.2) is 23.4 Å². The SMILES string of the molecule is C/C(=N\O)C(=O)c1c[c-]ccc1F.[Y]. The van der Waals surface area contributed by atoms with Crippen LogP contribution < -0.4 is 0 Å². The number of nitrogens with zero attached hydrogens (tertiary/aromatic N) is 1. The van der Waals surface area contributed by atoms with Crippen molar-refractivity contribution in [1.82, 2.24) is 0 Å². The van der Waals surface area contributed by atoms with Crippen LogP contribution in [0.2, 0.25) is 0 Å². The molecule has 0 spiro atoms. The molecule has 0 aliphatic carbocycles. The number of rotatable bonds is 2. The third kappa shape index (κ3) is 2.96. The number of carbonyl (C=O) groups is 1. The summed E-state index contributed by atoms with van der Waals surface area (Å²) in [5.74, 6) is -1.29. The van der Waals surface area contributed by atoms with Gasteiger partial charge < -0.3 is 10.0 Å². The summed E-state index contributed by atoms with van der Waals surface area (Å²) in [6.07, 6.45) is 0. The van der Waals surface area contributed by atoms with Gasteiger partial charge in [-0.2, -0.15) is 18.2 Å². The van der Waals surface area contributed by atoms with Gasteiger partial charge in [-0.05, 0) is 6.92 Å². The number of halogens is 1. The molecule has 3 nitrogen and oxygen atoms in total. The Kier molecular flexibility index (Phi) is 5.73. The van der Waals surface area contributed by atoms with Crippen molar-refractivity contribution in [2.24, 2.45) is 5.16 Å². The maximum absolute atomic E-state index is 13.0. The molecular weight excluding hydrogens is 262 g/mol. The van der Waals surface area contributed by atoms with Crippen molar-refractivity contribution < 1.29 is 47.1 Å². The molecule has 0 bridgehead atoms. The van der Waals surface area contributed by atoms with Crippen LogP contribution in [0.25, 0.3) is 0 Å². The van der Waals surface area contributed by atoms with E-state index < -0.39 is 11.6 Å². The van der Waals surface area contributed by atoms with Crippen molar-refractivity contribution in [3.05, 3.63) is 35.6 Å². The monoisotopic (exact) mass is 269 g/mol. The number of ketones is 1. The average Bonchev–Trinajstić information content (AvgIpc) is 2.16. The molecule has 0 atom stereocenters. The molecule has 0 aromatic heterocycles. The second-order valence-corrected chi connectivity index (χ2v) is 2.42. The standard InChI is InChI=1S/C9H7FNO2.Y/c1-6(11-13)9(12)7-4-2-3-5-8(7)10;/h3-5,13H,1H3;/q-1;/b11-6+;. The Morgan fingerprint density at radius 2 is 2.29 bits per heavy atom. The quantitative estimate of drug-likeness (QED) is 0.292. The van der Waals surface area contributed by atoms with Crippen LogP contribution in [-0.2, 0) is 32.7 Å². The molecule has 0 heterocycles. The molecule has 1 rings (SSSR count). The van der Waals surface area contributed by atoms with E-state index >= 15 is 0 Å². The number of benzene rings is 1. The van der Waals surface area contributed by atoms with Crippen LogP contribution in [-0.4, -0.2) is 16.7 Å². The Labute approximate surface area is 106 Å². The van der Waals surface area contributed by atoms with Crippen LogP contribution in [0.4, 0.5) is 4.39 Å². The van der Waals surface area contributed by atoms with Crippen LogP contribution in [0.5, 0.6) is 0 Å². The van der Waals surface area contributed by atoms with Gasteiger partial charge in [0.1, 0.15) is 5.71 Å². The average molecular weight is 269 g/mol. The third-order valence-corrected chi connectivity index (χ3v) is 1.53. The normalized spacial score (nSPS) is 10.6.